The normalized spacial score (nSPS) is 8.17. The molecule has 0 fully saturated rings. The van der Waals surface area contributed by atoms with Crippen molar-refractivity contribution in [1.29, 1.82) is 0 Å². The summed E-state index contributed by atoms with van der Waals surface area (Å²) in [6.45, 7) is 0.753. The van der Waals surface area contributed by atoms with Gasteiger partial charge in [0.2, 0.25) is 0 Å². The van der Waals surface area contributed by atoms with Crippen LogP contribution in [0.2, 0.25) is 0 Å². The second kappa shape index (κ2) is 5.05. The molecule has 36 valence electrons. The van der Waals surface area contributed by atoms with Crippen molar-refractivity contribution in [2.75, 3.05) is 13.7 Å². The van der Waals surface area contributed by atoms with Crippen molar-refractivity contribution in [3.05, 3.63) is 0 Å². The molecule has 0 N–H and O–H groups in total. The summed E-state index contributed by atoms with van der Waals surface area (Å²) in [7, 11) is 1.67. The van der Waals surface area contributed by atoms with Crippen LogP contribution in [0.1, 0.15) is 6.42 Å². The van der Waals surface area contributed by atoms with Crippen molar-refractivity contribution in [2.45, 2.75) is 6.42 Å². The molecule has 0 bridgehead atoms. The molecule has 0 unspecified atom stereocenters. The maximum absolute atomic E-state index is 4.68. The molecule has 0 aromatic rings. The van der Waals surface area contributed by atoms with Crippen LogP contribution in [0.25, 0.3) is 0 Å². The molecule has 0 saturated carbocycles. The highest BCUT2D eigenvalue weighted by atomic mass is 32.1. The van der Waals surface area contributed by atoms with Gasteiger partial charge in [-0.05, 0) is 11.8 Å². The average Bonchev–Trinajstić information content (AvgIpc) is 1.61. The molecule has 0 radical (unpaired) electrons. The molecule has 0 saturated heterocycles. The van der Waals surface area contributed by atoms with Gasteiger partial charge in [-0.25, -0.2) is 0 Å². The summed E-state index contributed by atoms with van der Waals surface area (Å²) in [4.78, 5) is 0. The highest BCUT2D eigenvalue weighted by molar-refractivity contribution is 7.78. The van der Waals surface area contributed by atoms with E-state index in [1.54, 1.807) is 12.5 Å². The minimum Gasteiger partial charge on any atom is -0.384 e. The Hall–Kier alpha value is 0.0500. The first kappa shape index (κ1) is 6.05. The van der Waals surface area contributed by atoms with E-state index in [9.17, 15) is 0 Å². The molecule has 2 heteroatoms. The molecular weight excluding hydrogens is 96.1 g/mol. The lowest BCUT2D eigenvalue weighted by molar-refractivity contribution is 0.208. The van der Waals surface area contributed by atoms with E-state index in [1.165, 1.54) is 0 Å². The third kappa shape index (κ3) is 4.05. The van der Waals surface area contributed by atoms with Crippen LogP contribution in [0.3, 0.4) is 0 Å². The van der Waals surface area contributed by atoms with E-state index in [4.69, 9.17) is 0 Å². The van der Waals surface area contributed by atoms with Gasteiger partial charge in [-0.15, -0.1) is 0 Å². The van der Waals surface area contributed by atoms with Gasteiger partial charge in [-0.1, -0.05) is 12.2 Å². The van der Waals surface area contributed by atoms with Crippen LogP contribution in [0.15, 0.2) is 0 Å². The van der Waals surface area contributed by atoms with Crippen LogP contribution in [0.5, 0.6) is 0 Å². The zero-order valence-electron chi connectivity index (χ0n) is 3.81. The molecule has 0 atom stereocenters. The summed E-state index contributed by atoms with van der Waals surface area (Å²) < 4.78 is 4.68. The van der Waals surface area contributed by atoms with Crippen LogP contribution in [-0.2, 0) is 4.74 Å². The Morgan fingerprint density at radius 2 is 2.50 bits per heavy atom. The Morgan fingerprint density at radius 3 is 2.67 bits per heavy atom. The molecule has 0 amide bonds. The molecule has 0 heterocycles. The zero-order valence-corrected chi connectivity index (χ0v) is 4.62. The van der Waals surface area contributed by atoms with Gasteiger partial charge in [0.1, 0.15) is 0 Å². The van der Waals surface area contributed by atoms with Crippen molar-refractivity contribution in [1.82, 2.24) is 0 Å². The number of thiocarbonyl (C=S) groups is 1. The Kier molecular flexibility index (Phi) is 5.09. The van der Waals surface area contributed by atoms with Crippen molar-refractivity contribution in [3.63, 3.8) is 0 Å². The van der Waals surface area contributed by atoms with E-state index < -0.39 is 0 Å². The standard InChI is InChI=1S/C4H8OS/c1-5-3-2-4-6/h4H,2-3H2,1H3. The van der Waals surface area contributed by atoms with Gasteiger partial charge in [0.15, 0.2) is 0 Å². The van der Waals surface area contributed by atoms with Gasteiger partial charge in [0.05, 0.1) is 6.61 Å². The molecule has 6 heavy (non-hydrogen) atoms. The van der Waals surface area contributed by atoms with E-state index in [0.29, 0.717) is 0 Å². The maximum atomic E-state index is 4.68. The molecule has 0 aromatic heterocycles. The summed E-state index contributed by atoms with van der Waals surface area (Å²) in [6.07, 6.45) is 0.881. The average molecular weight is 104 g/mol. The maximum Gasteiger partial charge on any atom is 0.0504 e. The van der Waals surface area contributed by atoms with Crippen LogP contribution in [0, 0.1) is 0 Å². The lowest BCUT2D eigenvalue weighted by Crippen LogP contribution is -1.85. The van der Waals surface area contributed by atoms with E-state index in [1.807, 2.05) is 0 Å². The van der Waals surface area contributed by atoms with Gasteiger partial charge in [0, 0.05) is 7.11 Å². The van der Waals surface area contributed by atoms with E-state index in [0.717, 1.165) is 13.0 Å². The third-order valence-corrected chi connectivity index (χ3v) is 0.676. The Bertz CT molecular complexity index is 36.5. The summed E-state index contributed by atoms with van der Waals surface area (Å²) in [5, 5.41) is 1.67. The van der Waals surface area contributed by atoms with Crippen LogP contribution in [-0.4, -0.2) is 19.1 Å². The molecule has 0 aliphatic carbocycles. The van der Waals surface area contributed by atoms with E-state index in [-0.39, 0.29) is 0 Å². The number of rotatable bonds is 3. The van der Waals surface area contributed by atoms with Crippen molar-refractivity contribution in [2.24, 2.45) is 0 Å². The third-order valence-electron chi connectivity index (χ3n) is 0.440. The smallest absolute Gasteiger partial charge is 0.0504 e. The Labute approximate surface area is 43.3 Å². The first-order valence-corrected chi connectivity index (χ1v) is 2.31. The van der Waals surface area contributed by atoms with Gasteiger partial charge in [0.25, 0.3) is 0 Å². The van der Waals surface area contributed by atoms with Gasteiger partial charge >= 0.3 is 0 Å². The molecule has 1 nitrogen and oxygen atoms in total. The quantitative estimate of drug-likeness (QED) is 0.390. The molecular formula is C4H8OS. The fourth-order valence-electron chi connectivity index (χ4n) is 0.166. The summed E-state index contributed by atoms with van der Waals surface area (Å²) >= 11 is 4.51. The van der Waals surface area contributed by atoms with Gasteiger partial charge < -0.3 is 4.74 Å². The van der Waals surface area contributed by atoms with Crippen LogP contribution in [0.4, 0.5) is 0 Å². The molecule has 0 aliphatic heterocycles. The topological polar surface area (TPSA) is 9.23 Å². The zero-order chi connectivity index (χ0) is 4.83. The number of hydrogen-bond acceptors (Lipinski definition) is 2. The minimum absolute atomic E-state index is 0.753. The summed E-state index contributed by atoms with van der Waals surface area (Å²) in [6, 6.07) is 0. The molecule has 0 spiro atoms. The minimum atomic E-state index is 0.753. The van der Waals surface area contributed by atoms with Crippen molar-refractivity contribution in [3.8, 4) is 0 Å². The van der Waals surface area contributed by atoms with E-state index >= 15 is 0 Å². The monoisotopic (exact) mass is 104 g/mol. The van der Waals surface area contributed by atoms with Crippen LogP contribution < -0.4 is 0 Å². The second-order valence-corrected chi connectivity index (χ2v) is 1.28. The first-order chi connectivity index (χ1) is 2.91. The lowest BCUT2D eigenvalue weighted by Gasteiger charge is -1.85. The molecule has 0 aliphatic rings. The van der Waals surface area contributed by atoms with E-state index in [2.05, 4.69) is 17.0 Å². The molecule has 0 aromatic carbocycles. The second-order valence-electron chi connectivity index (χ2n) is 0.948. The lowest BCUT2D eigenvalue weighted by atomic mass is 10.5. The van der Waals surface area contributed by atoms with Gasteiger partial charge in [-0.2, -0.15) is 0 Å². The number of ether oxygens (including phenoxy) is 1. The largest absolute Gasteiger partial charge is 0.384 e. The predicted octanol–water partition coefficient (Wildman–Crippen LogP) is 1.02. The Balaban J connectivity index is 2.49. The van der Waals surface area contributed by atoms with Crippen molar-refractivity contribution >= 4 is 17.6 Å². The molecule has 0 rings (SSSR count). The van der Waals surface area contributed by atoms with Crippen molar-refractivity contribution < 1.29 is 4.74 Å². The highest BCUT2D eigenvalue weighted by Gasteiger charge is 1.71. The fraction of sp³-hybridized carbons (Fsp3) is 0.750. The number of methoxy groups -OCH3 is 1. The summed E-state index contributed by atoms with van der Waals surface area (Å²) in [5.74, 6) is 0. The number of hydrogen-bond donors (Lipinski definition) is 0. The first-order valence-electron chi connectivity index (χ1n) is 1.84. The fourth-order valence-corrected chi connectivity index (χ4v) is 0.262. The Morgan fingerprint density at radius 1 is 1.83 bits per heavy atom. The van der Waals surface area contributed by atoms with Crippen LogP contribution >= 0.6 is 12.2 Å². The SMILES string of the molecule is COCCC=S. The highest BCUT2D eigenvalue weighted by Crippen LogP contribution is 1.71. The predicted molar refractivity (Wildman–Crippen MR) is 30.1 cm³/mol. The summed E-state index contributed by atoms with van der Waals surface area (Å²) in [5.41, 5.74) is 0. The van der Waals surface area contributed by atoms with Gasteiger partial charge in [-0.3, -0.25) is 0 Å².